The second kappa shape index (κ2) is 7.98. The molecule has 1 aromatic carbocycles. The maximum absolute atomic E-state index is 12.9. The molecule has 1 saturated heterocycles. The van der Waals surface area contributed by atoms with Crippen LogP contribution in [0.5, 0.6) is 11.5 Å². The average Bonchev–Trinajstić information content (AvgIpc) is 3.21. The van der Waals surface area contributed by atoms with Crippen molar-refractivity contribution >= 4 is 11.8 Å². The van der Waals surface area contributed by atoms with Gasteiger partial charge in [0.1, 0.15) is 0 Å². The molecule has 1 aromatic rings. The summed E-state index contributed by atoms with van der Waals surface area (Å²) in [6.07, 6.45) is 4.35. The van der Waals surface area contributed by atoms with Crippen molar-refractivity contribution in [1.82, 2.24) is 9.80 Å². The predicted octanol–water partition coefficient (Wildman–Crippen LogP) is 2.49. The van der Waals surface area contributed by atoms with Crippen molar-refractivity contribution in [2.45, 2.75) is 32.6 Å². The summed E-state index contributed by atoms with van der Waals surface area (Å²) >= 11 is 0. The van der Waals surface area contributed by atoms with Gasteiger partial charge in [-0.2, -0.15) is 0 Å². The van der Waals surface area contributed by atoms with Crippen LogP contribution in [0, 0.1) is 12.8 Å². The van der Waals surface area contributed by atoms with Gasteiger partial charge in [-0.15, -0.1) is 0 Å². The standard InChI is InChI=1S/C20H28N2O4/c1-14-12-17(25-2)18(26-3)13-16(14)20(24)22-10-8-21(9-11-22)19(23)15-6-4-5-7-15/h12-13,15H,4-11H2,1-3H3. The zero-order valence-electron chi connectivity index (χ0n) is 15.9. The number of ether oxygens (including phenoxy) is 2. The average molecular weight is 360 g/mol. The van der Waals surface area contributed by atoms with Crippen LogP contribution in [0.2, 0.25) is 0 Å². The lowest BCUT2D eigenvalue weighted by Crippen LogP contribution is -2.51. The van der Waals surface area contributed by atoms with E-state index in [2.05, 4.69) is 0 Å². The SMILES string of the molecule is COc1cc(C)c(C(=O)N2CCN(C(=O)C3CCCC3)CC2)cc1OC. The van der Waals surface area contributed by atoms with Crippen LogP contribution in [0.4, 0.5) is 0 Å². The van der Waals surface area contributed by atoms with Crippen molar-refractivity contribution in [3.8, 4) is 11.5 Å². The lowest BCUT2D eigenvalue weighted by atomic mass is 10.0. The zero-order chi connectivity index (χ0) is 18.7. The van der Waals surface area contributed by atoms with Gasteiger partial charge in [-0.25, -0.2) is 0 Å². The lowest BCUT2D eigenvalue weighted by Gasteiger charge is -2.36. The summed E-state index contributed by atoms with van der Waals surface area (Å²) in [6, 6.07) is 3.57. The van der Waals surface area contributed by atoms with Crippen molar-refractivity contribution in [3.63, 3.8) is 0 Å². The quantitative estimate of drug-likeness (QED) is 0.828. The molecule has 6 heteroatoms. The number of hydrogen-bond acceptors (Lipinski definition) is 4. The van der Waals surface area contributed by atoms with Crippen molar-refractivity contribution in [2.24, 2.45) is 5.92 Å². The third-order valence-corrected chi connectivity index (χ3v) is 5.54. The molecule has 2 aliphatic rings. The summed E-state index contributed by atoms with van der Waals surface area (Å²) in [4.78, 5) is 29.3. The minimum Gasteiger partial charge on any atom is -0.493 e. The van der Waals surface area contributed by atoms with Crippen molar-refractivity contribution < 1.29 is 19.1 Å². The number of piperazine rings is 1. The number of hydrogen-bond donors (Lipinski definition) is 0. The van der Waals surface area contributed by atoms with Gasteiger partial charge in [0.2, 0.25) is 5.91 Å². The van der Waals surface area contributed by atoms with Crippen LogP contribution in [0.15, 0.2) is 12.1 Å². The van der Waals surface area contributed by atoms with Gasteiger partial charge in [-0.05, 0) is 37.5 Å². The molecule has 2 fully saturated rings. The van der Waals surface area contributed by atoms with Crippen LogP contribution >= 0.6 is 0 Å². The topological polar surface area (TPSA) is 59.1 Å². The first kappa shape index (κ1) is 18.5. The Bertz CT molecular complexity index is 675. The van der Waals surface area contributed by atoms with Crippen LogP contribution in [-0.4, -0.2) is 62.0 Å². The minimum atomic E-state index is -0.0172. The minimum absolute atomic E-state index is 0.0172. The molecule has 142 valence electrons. The van der Waals surface area contributed by atoms with E-state index >= 15 is 0 Å². The van der Waals surface area contributed by atoms with E-state index in [4.69, 9.17) is 9.47 Å². The Kier molecular flexibility index (Phi) is 5.69. The highest BCUT2D eigenvalue weighted by molar-refractivity contribution is 5.96. The van der Waals surface area contributed by atoms with Crippen LogP contribution in [0.3, 0.4) is 0 Å². The van der Waals surface area contributed by atoms with Crippen LogP contribution < -0.4 is 9.47 Å². The maximum atomic E-state index is 12.9. The van der Waals surface area contributed by atoms with E-state index in [0.717, 1.165) is 31.2 Å². The number of amides is 2. The molecule has 0 spiro atoms. The van der Waals surface area contributed by atoms with Crippen molar-refractivity contribution in [3.05, 3.63) is 23.3 Å². The number of carbonyl (C=O) groups is 2. The number of benzene rings is 1. The first-order valence-corrected chi connectivity index (χ1v) is 9.35. The molecule has 6 nitrogen and oxygen atoms in total. The number of carbonyl (C=O) groups excluding carboxylic acids is 2. The maximum Gasteiger partial charge on any atom is 0.254 e. The van der Waals surface area contributed by atoms with Gasteiger partial charge < -0.3 is 19.3 Å². The van der Waals surface area contributed by atoms with E-state index in [1.807, 2.05) is 22.8 Å². The molecule has 26 heavy (non-hydrogen) atoms. The smallest absolute Gasteiger partial charge is 0.254 e. The molecule has 0 unspecified atom stereocenters. The Morgan fingerprint density at radius 3 is 2.04 bits per heavy atom. The van der Waals surface area contributed by atoms with E-state index in [0.29, 0.717) is 43.2 Å². The molecule has 1 aliphatic carbocycles. The van der Waals surface area contributed by atoms with E-state index in [9.17, 15) is 9.59 Å². The van der Waals surface area contributed by atoms with Crippen LogP contribution in [-0.2, 0) is 4.79 Å². The normalized spacial score (nSPS) is 18.1. The molecule has 0 bridgehead atoms. The fourth-order valence-corrected chi connectivity index (χ4v) is 3.94. The van der Waals surface area contributed by atoms with E-state index in [1.54, 1.807) is 20.3 Å². The summed E-state index contributed by atoms with van der Waals surface area (Å²) < 4.78 is 10.6. The Morgan fingerprint density at radius 2 is 1.46 bits per heavy atom. The molecule has 0 aromatic heterocycles. The van der Waals surface area contributed by atoms with Crippen LogP contribution in [0.1, 0.15) is 41.6 Å². The number of nitrogens with zero attached hydrogens (tertiary/aromatic N) is 2. The Labute approximate surface area is 155 Å². The monoisotopic (exact) mass is 360 g/mol. The van der Waals surface area contributed by atoms with Crippen molar-refractivity contribution in [1.29, 1.82) is 0 Å². The summed E-state index contributed by atoms with van der Waals surface area (Å²) in [5.41, 5.74) is 1.48. The largest absolute Gasteiger partial charge is 0.493 e. The predicted molar refractivity (Wildman–Crippen MR) is 98.7 cm³/mol. The van der Waals surface area contributed by atoms with Gasteiger partial charge >= 0.3 is 0 Å². The molecule has 1 heterocycles. The highest BCUT2D eigenvalue weighted by Crippen LogP contribution is 2.31. The van der Waals surface area contributed by atoms with Crippen molar-refractivity contribution in [2.75, 3.05) is 40.4 Å². The number of methoxy groups -OCH3 is 2. The second-order valence-electron chi connectivity index (χ2n) is 7.12. The Balaban J connectivity index is 1.66. The summed E-state index contributed by atoms with van der Waals surface area (Å²) in [5, 5.41) is 0. The summed E-state index contributed by atoms with van der Waals surface area (Å²) in [6.45, 7) is 4.28. The summed E-state index contributed by atoms with van der Waals surface area (Å²) in [5.74, 6) is 1.63. The molecule has 0 atom stereocenters. The molecule has 1 aliphatic heterocycles. The molecule has 3 rings (SSSR count). The van der Waals surface area contributed by atoms with Gasteiger partial charge in [-0.1, -0.05) is 12.8 Å². The highest BCUT2D eigenvalue weighted by atomic mass is 16.5. The molecule has 1 saturated carbocycles. The van der Waals surface area contributed by atoms with E-state index in [1.165, 1.54) is 0 Å². The lowest BCUT2D eigenvalue weighted by molar-refractivity contribution is -0.136. The highest BCUT2D eigenvalue weighted by Gasteiger charge is 2.31. The first-order valence-electron chi connectivity index (χ1n) is 9.35. The first-order chi connectivity index (χ1) is 12.5. The zero-order valence-corrected chi connectivity index (χ0v) is 15.9. The molecular formula is C20H28N2O4. The van der Waals surface area contributed by atoms with Gasteiger partial charge in [0, 0.05) is 37.7 Å². The fourth-order valence-electron chi connectivity index (χ4n) is 3.94. The number of rotatable bonds is 4. The van der Waals surface area contributed by atoms with E-state index < -0.39 is 0 Å². The fraction of sp³-hybridized carbons (Fsp3) is 0.600. The van der Waals surface area contributed by atoms with Gasteiger partial charge in [-0.3, -0.25) is 9.59 Å². The molecule has 0 N–H and O–H groups in total. The van der Waals surface area contributed by atoms with Crippen LogP contribution in [0.25, 0.3) is 0 Å². The van der Waals surface area contributed by atoms with E-state index in [-0.39, 0.29) is 17.7 Å². The van der Waals surface area contributed by atoms with Gasteiger partial charge in [0.25, 0.3) is 5.91 Å². The Hall–Kier alpha value is -2.24. The molecular weight excluding hydrogens is 332 g/mol. The summed E-state index contributed by atoms with van der Waals surface area (Å²) in [7, 11) is 3.15. The van der Waals surface area contributed by atoms with Gasteiger partial charge in [0.15, 0.2) is 11.5 Å². The second-order valence-corrected chi connectivity index (χ2v) is 7.12. The third kappa shape index (κ3) is 3.64. The molecule has 0 radical (unpaired) electrons. The Morgan fingerprint density at radius 1 is 0.923 bits per heavy atom. The number of aryl methyl sites for hydroxylation is 1. The molecule has 2 amide bonds. The third-order valence-electron chi connectivity index (χ3n) is 5.54. The van der Waals surface area contributed by atoms with Gasteiger partial charge in [0.05, 0.1) is 14.2 Å².